The Kier molecular flexibility index (Phi) is 7.55. The van der Waals surface area contributed by atoms with Crippen LogP contribution in [0.5, 0.6) is 0 Å². The first-order valence-electron chi connectivity index (χ1n) is 8.83. The molecule has 1 aromatic rings. The number of nitrogens with zero attached hydrogens (tertiary/aromatic N) is 3. The van der Waals surface area contributed by atoms with Crippen LogP contribution in [0.25, 0.3) is 0 Å². The van der Waals surface area contributed by atoms with Gasteiger partial charge in [-0.3, -0.25) is 14.5 Å². The molecule has 0 saturated carbocycles. The molecule has 1 aromatic carbocycles. The molecule has 0 aromatic heterocycles. The summed E-state index contributed by atoms with van der Waals surface area (Å²) in [6.45, 7) is 7.46. The van der Waals surface area contributed by atoms with Crippen LogP contribution in [0.15, 0.2) is 18.2 Å². The zero-order valence-electron chi connectivity index (χ0n) is 15.5. The fourth-order valence-electron chi connectivity index (χ4n) is 3.11. The molecule has 1 aliphatic rings. The molecule has 0 radical (unpaired) electrons. The molecule has 138 valence electrons. The van der Waals surface area contributed by atoms with Gasteiger partial charge in [0.25, 0.3) is 0 Å². The minimum Gasteiger partial charge on any atom is -0.465 e. The van der Waals surface area contributed by atoms with Crippen molar-refractivity contribution in [2.75, 3.05) is 53.4 Å². The van der Waals surface area contributed by atoms with Gasteiger partial charge in [0.2, 0.25) is 0 Å². The van der Waals surface area contributed by atoms with Gasteiger partial charge in [0.1, 0.15) is 6.29 Å². The molecule has 6 nitrogen and oxygen atoms in total. The van der Waals surface area contributed by atoms with E-state index in [0.717, 1.165) is 62.2 Å². The Morgan fingerprint density at radius 2 is 1.60 bits per heavy atom. The van der Waals surface area contributed by atoms with E-state index in [4.69, 9.17) is 4.74 Å². The van der Waals surface area contributed by atoms with Crippen molar-refractivity contribution in [1.29, 1.82) is 0 Å². The monoisotopic (exact) mass is 347 g/mol. The average Bonchev–Trinajstić information content (AvgIpc) is 2.56. The predicted molar refractivity (Wildman–Crippen MR) is 97.6 cm³/mol. The first kappa shape index (κ1) is 19.6. The number of carbonyl (C=O) groups is 2. The molecular formula is C19H29N3O3. The third-order valence-electron chi connectivity index (χ3n) is 4.37. The summed E-state index contributed by atoms with van der Waals surface area (Å²) in [5.41, 5.74) is 3.02. The highest BCUT2D eigenvalue weighted by Crippen LogP contribution is 2.14. The first-order chi connectivity index (χ1) is 12.0. The molecule has 0 atom stereocenters. The van der Waals surface area contributed by atoms with Gasteiger partial charge < -0.3 is 14.5 Å². The quantitative estimate of drug-likeness (QED) is 0.603. The molecule has 0 spiro atoms. The molecule has 2 rings (SSSR count). The summed E-state index contributed by atoms with van der Waals surface area (Å²) in [7, 11) is 4.13. The number of hydrogen-bond acceptors (Lipinski definition) is 6. The van der Waals surface area contributed by atoms with Crippen LogP contribution in [0.4, 0.5) is 0 Å². The van der Waals surface area contributed by atoms with E-state index in [0.29, 0.717) is 13.2 Å². The van der Waals surface area contributed by atoms with Crippen LogP contribution < -0.4 is 0 Å². The summed E-state index contributed by atoms with van der Waals surface area (Å²) >= 11 is 0. The normalized spacial score (nSPS) is 18.2. The highest BCUT2D eigenvalue weighted by atomic mass is 16.5. The summed E-state index contributed by atoms with van der Waals surface area (Å²) in [4.78, 5) is 29.6. The number of ether oxygens (including phenoxy) is 1. The number of rotatable bonds is 4. The van der Waals surface area contributed by atoms with Gasteiger partial charge in [-0.15, -0.1) is 0 Å². The van der Waals surface area contributed by atoms with Crippen LogP contribution in [0.1, 0.15) is 28.4 Å². The largest absolute Gasteiger partial charge is 0.465 e. The molecule has 0 unspecified atom stereocenters. The van der Waals surface area contributed by atoms with Gasteiger partial charge in [-0.1, -0.05) is 6.07 Å². The number of aldehydes is 1. The van der Waals surface area contributed by atoms with Gasteiger partial charge >= 0.3 is 5.97 Å². The lowest BCUT2D eigenvalue weighted by Gasteiger charge is -2.28. The maximum Gasteiger partial charge on any atom is 0.320 e. The zero-order chi connectivity index (χ0) is 18.2. The zero-order valence-corrected chi connectivity index (χ0v) is 15.5. The van der Waals surface area contributed by atoms with Crippen LogP contribution in [0.3, 0.4) is 0 Å². The number of fused-ring (bicyclic) bond motifs is 2. The molecule has 1 heterocycles. The Labute approximate surface area is 150 Å². The third-order valence-corrected chi connectivity index (χ3v) is 4.37. The topological polar surface area (TPSA) is 53.1 Å². The summed E-state index contributed by atoms with van der Waals surface area (Å²) in [5, 5.41) is 0. The molecular weight excluding hydrogens is 318 g/mol. The van der Waals surface area contributed by atoms with Crippen LogP contribution in [0, 0.1) is 0 Å². The first-order valence-corrected chi connectivity index (χ1v) is 8.83. The van der Waals surface area contributed by atoms with Crippen LogP contribution in [-0.4, -0.2) is 80.4 Å². The minimum absolute atomic E-state index is 0.166. The molecule has 0 amide bonds. The van der Waals surface area contributed by atoms with Crippen molar-refractivity contribution in [3.05, 3.63) is 34.9 Å². The van der Waals surface area contributed by atoms with Gasteiger partial charge in [0, 0.05) is 44.8 Å². The fraction of sp³-hybridized carbons (Fsp3) is 0.579. The number of benzene rings is 1. The standard InChI is InChI=1S/C19H29N3O3/c1-4-25-19(24)14-22-7-5-20(2)12-16-9-17(11-18(10-16)15-23)13-21(3)6-8-22/h9-11,15H,4-8,12-14H2,1-3H3. The lowest BCUT2D eigenvalue weighted by atomic mass is 10.1. The van der Waals surface area contributed by atoms with Crippen molar-refractivity contribution in [1.82, 2.24) is 14.7 Å². The van der Waals surface area contributed by atoms with Crippen LogP contribution >= 0.6 is 0 Å². The lowest BCUT2D eigenvalue weighted by Crippen LogP contribution is -2.41. The van der Waals surface area contributed by atoms with E-state index < -0.39 is 0 Å². The molecule has 25 heavy (non-hydrogen) atoms. The van der Waals surface area contributed by atoms with Crippen molar-refractivity contribution in [2.24, 2.45) is 0 Å². The summed E-state index contributed by atoms with van der Waals surface area (Å²) in [6, 6.07) is 6.09. The molecule has 0 aliphatic carbocycles. The summed E-state index contributed by atoms with van der Waals surface area (Å²) < 4.78 is 5.09. The van der Waals surface area contributed by atoms with Gasteiger partial charge in [-0.05, 0) is 44.3 Å². The Morgan fingerprint density at radius 1 is 1.04 bits per heavy atom. The van der Waals surface area contributed by atoms with E-state index in [9.17, 15) is 9.59 Å². The van der Waals surface area contributed by atoms with Gasteiger partial charge in [-0.25, -0.2) is 0 Å². The van der Waals surface area contributed by atoms with E-state index in [1.54, 1.807) is 0 Å². The Balaban J connectivity index is 2.11. The second-order valence-electron chi connectivity index (χ2n) is 6.76. The minimum atomic E-state index is -0.166. The number of carbonyl (C=O) groups excluding carboxylic acids is 2. The average molecular weight is 347 g/mol. The second-order valence-corrected chi connectivity index (χ2v) is 6.76. The predicted octanol–water partition coefficient (Wildman–Crippen LogP) is 1.24. The van der Waals surface area contributed by atoms with Crippen LogP contribution in [0.2, 0.25) is 0 Å². The maximum absolute atomic E-state index is 11.8. The summed E-state index contributed by atoms with van der Waals surface area (Å²) in [5.74, 6) is -0.166. The smallest absolute Gasteiger partial charge is 0.320 e. The maximum atomic E-state index is 11.8. The van der Waals surface area contributed by atoms with Crippen molar-refractivity contribution >= 4 is 12.3 Å². The highest BCUT2D eigenvalue weighted by Gasteiger charge is 2.15. The van der Waals surface area contributed by atoms with Crippen molar-refractivity contribution < 1.29 is 14.3 Å². The third kappa shape index (κ3) is 6.57. The van der Waals surface area contributed by atoms with Crippen molar-refractivity contribution in [3.8, 4) is 0 Å². The number of hydrogen-bond donors (Lipinski definition) is 0. The van der Waals surface area contributed by atoms with Gasteiger partial charge in [-0.2, -0.15) is 0 Å². The van der Waals surface area contributed by atoms with E-state index in [1.807, 2.05) is 19.1 Å². The number of esters is 1. The molecule has 0 saturated heterocycles. The fourth-order valence-corrected chi connectivity index (χ4v) is 3.11. The molecule has 2 bridgehead atoms. The van der Waals surface area contributed by atoms with E-state index in [2.05, 4.69) is 34.9 Å². The molecule has 0 N–H and O–H groups in total. The van der Waals surface area contributed by atoms with Gasteiger partial charge in [0.15, 0.2) is 0 Å². The SMILES string of the molecule is CCOC(=O)CN1CCN(C)Cc2cc(C=O)cc(c2)CN(C)CC1. The highest BCUT2D eigenvalue weighted by molar-refractivity contribution is 5.75. The van der Waals surface area contributed by atoms with Crippen molar-refractivity contribution in [3.63, 3.8) is 0 Å². The van der Waals surface area contributed by atoms with E-state index >= 15 is 0 Å². The lowest BCUT2D eigenvalue weighted by molar-refractivity contribution is -0.144. The Bertz CT molecular complexity index is 557. The second kappa shape index (κ2) is 9.65. The van der Waals surface area contributed by atoms with Gasteiger partial charge in [0.05, 0.1) is 13.2 Å². The Hall–Kier alpha value is -1.76. The molecule has 1 aliphatic heterocycles. The van der Waals surface area contributed by atoms with E-state index in [1.165, 1.54) is 0 Å². The van der Waals surface area contributed by atoms with Crippen molar-refractivity contribution in [2.45, 2.75) is 20.0 Å². The molecule has 0 fully saturated rings. The Morgan fingerprint density at radius 3 is 2.08 bits per heavy atom. The summed E-state index contributed by atoms with van der Waals surface area (Å²) in [6.07, 6.45) is 0.917. The molecule has 6 heteroatoms. The number of likely N-dealkylation sites (N-methyl/N-ethyl adjacent to an activating group) is 2. The van der Waals surface area contributed by atoms with Crippen LogP contribution in [-0.2, 0) is 22.6 Å². The van der Waals surface area contributed by atoms with E-state index in [-0.39, 0.29) is 5.97 Å².